The number of nitrogens with one attached hydrogen (secondary N) is 1. The first-order valence-electron chi connectivity index (χ1n) is 6.84. The fourth-order valence-electron chi connectivity index (χ4n) is 2.40. The second-order valence-electron chi connectivity index (χ2n) is 5.36. The zero-order chi connectivity index (χ0) is 13.7. The Morgan fingerprint density at radius 2 is 2.11 bits per heavy atom. The van der Waals surface area contributed by atoms with Gasteiger partial charge in [0.2, 0.25) is 5.91 Å². The molecular weight excluding hydrogens is 248 g/mol. The van der Waals surface area contributed by atoms with Crippen molar-refractivity contribution in [3.05, 3.63) is 0 Å². The third-order valence-corrected chi connectivity index (χ3v) is 4.22. The summed E-state index contributed by atoms with van der Waals surface area (Å²) in [6.07, 6.45) is 4.75. The fraction of sp³-hybridized carbons (Fsp3) is 0.923. The van der Waals surface area contributed by atoms with E-state index in [1.54, 1.807) is 6.26 Å². The molecular formula is C13H26N2O2S. The minimum Gasteiger partial charge on any atom is -0.326 e. The van der Waals surface area contributed by atoms with E-state index in [-0.39, 0.29) is 18.1 Å². The molecule has 1 N–H and O–H groups in total. The molecule has 5 heteroatoms. The molecule has 1 saturated heterocycles. The van der Waals surface area contributed by atoms with Crippen LogP contribution in [-0.4, -0.2) is 45.8 Å². The summed E-state index contributed by atoms with van der Waals surface area (Å²) in [5, 5.41) is 3.43. The number of carbonyl (C=O) groups is 1. The Hall–Kier alpha value is -0.420. The topological polar surface area (TPSA) is 49.4 Å². The van der Waals surface area contributed by atoms with Gasteiger partial charge in [0.15, 0.2) is 0 Å². The van der Waals surface area contributed by atoms with Crippen LogP contribution in [0.4, 0.5) is 0 Å². The Kier molecular flexibility index (Phi) is 6.29. The molecule has 4 nitrogen and oxygen atoms in total. The highest BCUT2D eigenvalue weighted by Gasteiger charge is 2.39. The third kappa shape index (κ3) is 4.05. The van der Waals surface area contributed by atoms with E-state index < -0.39 is 10.8 Å². The molecule has 1 heterocycles. The van der Waals surface area contributed by atoms with Crippen molar-refractivity contribution >= 4 is 16.7 Å². The molecule has 0 spiro atoms. The lowest BCUT2D eigenvalue weighted by Crippen LogP contribution is -2.38. The van der Waals surface area contributed by atoms with Gasteiger partial charge in [-0.3, -0.25) is 14.3 Å². The summed E-state index contributed by atoms with van der Waals surface area (Å²) in [6.45, 7) is 7.00. The number of amides is 1. The minimum absolute atomic E-state index is 0.0475. The molecule has 1 aliphatic rings. The van der Waals surface area contributed by atoms with Gasteiger partial charge in [0.05, 0.1) is 12.2 Å². The molecule has 1 fully saturated rings. The summed E-state index contributed by atoms with van der Waals surface area (Å²) >= 11 is 0. The van der Waals surface area contributed by atoms with Crippen LogP contribution in [0.15, 0.2) is 0 Å². The van der Waals surface area contributed by atoms with Crippen LogP contribution in [0.2, 0.25) is 0 Å². The zero-order valence-corrected chi connectivity index (χ0v) is 12.8. The second-order valence-corrected chi connectivity index (χ2v) is 6.91. The maximum Gasteiger partial charge on any atom is 0.241 e. The van der Waals surface area contributed by atoms with Crippen molar-refractivity contribution in [1.82, 2.24) is 10.2 Å². The van der Waals surface area contributed by atoms with Gasteiger partial charge in [-0.2, -0.15) is 0 Å². The molecule has 3 unspecified atom stereocenters. The van der Waals surface area contributed by atoms with E-state index in [1.165, 1.54) is 0 Å². The summed E-state index contributed by atoms with van der Waals surface area (Å²) in [5.74, 6) is 1.21. The van der Waals surface area contributed by atoms with E-state index in [9.17, 15) is 9.00 Å². The van der Waals surface area contributed by atoms with E-state index in [2.05, 4.69) is 26.1 Å². The van der Waals surface area contributed by atoms with E-state index >= 15 is 0 Å². The first-order chi connectivity index (χ1) is 8.47. The monoisotopic (exact) mass is 274 g/mol. The summed E-state index contributed by atoms with van der Waals surface area (Å²) in [6, 6.07) is -0.0475. The molecule has 18 heavy (non-hydrogen) atoms. The molecule has 1 aliphatic heterocycles. The molecule has 0 radical (unpaired) electrons. The molecule has 3 atom stereocenters. The Bertz CT molecular complexity index is 307. The number of carbonyl (C=O) groups excluding carboxylic acids is 1. The number of hydrogen-bond acceptors (Lipinski definition) is 3. The maximum atomic E-state index is 12.3. The van der Waals surface area contributed by atoms with Gasteiger partial charge in [0, 0.05) is 29.4 Å². The lowest BCUT2D eigenvalue weighted by atomic mass is 10.1. The molecule has 0 aromatic carbocycles. The molecule has 1 rings (SSSR count). The molecule has 106 valence electrons. The molecule has 0 aromatic heterocycles. The second kappa shape index (κ2) is 7.24. The largest absolute Gasteiger partial charge is 0.326 e. The lowest BCUT2D eigenvalue weighted by molar-refractivity contribution is -0.130. The van der Waals surface area contributed by atoms with Crippen molar-refractivity contribution in [3.8, 4) is 0 Å². The van der Waals surface area contributed by atoms with E-state index in [1.807, 2.05) is 4.90 Å². The van der Waals surface area contributed by atoms with E-state index in [4.69, 9.17) is 0 Å². The first kappa shape index (κ1) is 15.6. The summed E-state index contributed by atoms with van der Waals surface area (Å²) in [7, 11) is -0.768. The van der Waals surface area contributed by atoms with Crippen LogP contribution < -0.4 is 5.32 Å². The van der Waals surface area contributed by atoms with Crippen LogP contribution in [0.3, 0.4) is 0 Å². The summed E-state index contributed by atoms with van der Waals surface area (Å²) in [4.78, 5) is 14.2. The quantitative estimate of drug-likeness (QED) is 0.762. The highest BCUT2D eigenvalue weighted by molar-refractivity contribution is 7.84. The smallest absolute Gasteiger partial charge is 0.241 e. The average Bonchev–Trinajstić information content (AvgIpc) is 2.57. The Morgan fingerprint density at radius 1 is 1.44 bits per heavy atom. The zero-order valence-electron chi connectivity index (χ0n) is 11.9. The van der Waals surface area contributed by atoms with Crippen molar-refractivity contribution in [2.75, 3.05) is 18.6 Å². The van der Waals surface area contributed by atoms with Crippen molar-refractivity contribution in [2.45, 2.75) is 52.2 Å². The lowest BCUT2D eigenvalue weighted by Gasteiger charge is -2.23. The van der Waals surface area contributed by atoms with Crippen molar-refractivity contribution < 1.29 is 9.00 Å². The maximum absolute atomic E-state index is 12.3. The van der Waals surface area contributed by atoms with Crippen molar-refractivity contribution in [2.24, 2.45) is 5.92 Å². The van der Waals surface area contributed by atoms with Crippen LogP contribution in [0.1, 0.15) is 40.0 Å². The highest BCUT2D eigenvalue weighted by atomic mass is 32.2. The Morgan fingerprint density at radius 3 is 2.61 bits per heavy atom. The molecule has 1 amide bonds. The van der Waals surface area contributed by atoms with Gasteiger partial charge in [-0.25, -0.2) is 0 Å². The van der Waals surface area contributed by atoms with Crippen molar-refractivity contribution in [1.29, 1.82) is 0 Å². The van der Waals surface area contributed by atoms with Gasteiger partial charge in [-0.15, -0.1) is 0 Å². The van der Waals surface area contributed by atoms with Crippen LogP contribution >= 0.6 is 0 Å². The number of hydrogen-bond donors (Lipinski definition) is 1. The van der Waals surface area contributed by atoms with Crippen LogP contribution in [0.25, 0.3) is 0 Å². The Labute approximate surface area is 113 Å². The molecule has 0 aromatic rings. The van der Waals surface area contributed by atoms with Gasteiger partial charge < -0.3 is 4.90 Å². The van der Waals surface area contributed by atoms with Crippen LogP contribution in [-0.2, 0) is 15.6 Å². The molecule has 0 aliphatic carbocycles. The van der Waals surface area contributed by atoms with Gasteiger partial charge in [-0.05, 0) is 18.8 Å². The van der Waals surface area contributed by atoms with Gasteiger partial charge in [0.1, 0.15) is 0 Å². The van der Waals surface area contributed by atoms with E-state index in [0.717, 1.165) is 25.8 Å². The number of rotatable bonds is 7. The first-order valence-corrected chi connectivity index (χ1v) is 8.56. The standard InChI is InChI=1S/C13H26N2O2S/c1-5-7-11-14-12(10(2)3)13(16)15(11)8-6-9-18(4)17/h10-12,14H,5-9H2,1-4H3. The molecule has 0 saturated carbocycles. The molecule has 0 bridgehead atoms. The van der Waals surface area contributed by atoms with E-state index in [0.29, 0.717) is 11.7 Å². The van der Waals surface area contributed by atoms with Crippen molar-refractivity contribution in [3.63, 3.8) is 0 Å². The summed E-state index contributed by atoms with van der Waals surface area (Å²) in [5.41, 5.74) is 0. The average molecular weight is 274 g/mol. The fourth-order valence-corrected chi connectivity index (χ4v) is 2.93. The minimum atomic E-state index is -0.768. The SMILES string of the molecule is CCCC1NC(C(C)C)C(=O)N1CCCS(C)=O. The normalized spacial score (nSPS) is 26.1. The van der Waals surface area contributed by atoms with Gasteiger partial charge in [-0.1, -0.05) is 27.2 Å². The van der Waals surface area contributed by atoms with Gasteiger partial charge >= 0.3 is 0 Å². The Balaban J connectivity index is 2.59. The predicted octanol–water partition coefficient (Wildman–Crippen LogP) is 1.34. The highest BCUT2D eigenvalue weighted by Crippen LogP contribution is 2.20. The predicted molar refractivity (Wildman–Crippen MR) is 75.7 cm³/mol. The van der Waals surface area contributed by atoms with Gasteiger partial charge in [0.25, 0.3) is 0 Å². The van der Waals surface area contributed by atoms with Crippen LogP contribution in [0, 0.1) is 5.92 Å². The number of nitrogens with zero attached hydrogens (tertiary/aromatic N) is 1. The third-order valence-electron chi connectivity index (χ3n) is 3.36. The van der Waals surface area contributed by atoms with Crippen LogP contribution in [0.5, 0.6) is 0 Å². The summed E-state index contributed by atoms with van der Waals surface area (Å²) < 4.78 is 11.1.